The number of para-hydroxylation sites is 1. The summed E-state index contributed by atoms with van der Waals surface area (Å²) in [5.41, 5.74) is 8.44. The van der Waals surface area contributed by atoms with Gasteiger partial charge in [-0.05, 0) is 19.1 Å². The lowest BCUT2D eigenvalue weighted by molar-refractivity contribution is 0.716. The van der Waals surface area contributed by atoms with Crippen molar-refractivity contribution in [2.24, 2.45) is 5.73 Å². The number of hydrogen-bond donors (Lipinski definition) is 1. The zero-order valence-corrected chi connectivity index (χ0v) is 9.17. The fourth-order valence-electron chi connectivity index (χ4n) is 1.36. The van der Waals surface area contributed by atoms with Crippen LogP contribution in [0.1, 0.15) is 18.7 Å². The van der Waals surface area contributed by atoms with Crippen LogP contribution >= 0.6 is 0 Å². The van der Waals surface area contributed by atoms with Crippen LogP contribution < -0.4 is 5.73 Å². The Morgan fingerprint density at radius 2 is 2.06 bits per heavy atom. The van der Waals surface area contributed by atoms with Gasteiger partial charge in [0.25, 0.3) is 0 Å². The maximum Gasteiger partial charge on any atom is 0.104 e. The van der Waals surface area contributed by atoms with Gasteiger partial charge in [0.2, 0.25) is 0 Å². The first-order valence-corrected chi connectivity index (χ1v) is 5.07. The molecule has 0 saturated heterocycles. The average Bonchev–Trinajstić information content (AvgIpc) is 2.78. The predicted molar refractivity (Wildman–Crippen MR) is 63.1 cm³/mol. The van der Waals surface area contributed by atoms with Crippen molar-refractivity contribution in [3.63, 3.8) is 0 Å². The van der Waals surface area contributed by atoms with Gasteiger partial charge in [-0.15, -0.1) is 0 Å². The summed E-state index contributed by atoms with van der Waals surface area (Å²) < 4.78 is 0. The third-order valence-corrected chi connectivity index (χ3v) is 2.35. The molecule has 0 aliphatic carbocycles. The minimum absolute atomic E-state index is 0.252. The quantitative estimate of drug-likeness (QED) is 0.793. The Morgan fingerprint density at radius 3 is 2.69 bits per heavy atom. The van der Waals surface area contributed by atoms with Gasteiger partial charge in [-0.3, -0.25) is 0 Å². The van der Waals surface area contributed by atoms with Crippen molar-refractivity contribution in [3.8, 4) is 5.69 Å². The van der Waals surface area contributed by atoms with Gasteiger partial charge in [-0.1, -0.05) is 30.4 Å². The highest BCUT2D eigenvalue weighted by Gasteiger charge is 2.11. The van der Waals surface area contributed by atoms with Crippen LogP contribution in [-0.4, -0.2) is 15.0 Å². The van der Waals surface area contributed by atoms with Gasteiger partial charge < -0.3 is 5.73 Å². The van der Waals surface area contributed by atoms with Gasteiger partial charge in [0.15, 0.2) is 0 Å². The van der Waals surface area contributed by atoms with Gasteiger partial charge >= 0.3 is 0 Å². The van der Waals surface area contributed by atoms with E-state index in [-0.39, 0.29) is 6.04 Å². The monoisotopic (exact) mass is 214 g/mol. The molecule has 2 N–H and O–H groups in total. The Kier molecular flexibility index (Phi) is 2.83. The van der Waals surface area contributed by atoms with E-state index >= 15 is 0 Å². The van der Waals surface area contributed by atoms with Crippen molar-refractivity contribution in [1.29, 1.82) is 0 Å². The van der Waals surface area contributed by atoms with E-state index in [4.69, 9.17) is 5.73 Å². The van der Waals surface area contributed by atoms with Crippen molar-refractivity contribution < 1.29 is 0 Å². The average molecular weight is 214 g/mol. The van der Waals surface area contributed by atoms with Gasteiger partial charge in [-0.25, -0.2) is 0 Å². The zero-order valence-electron chi connectivity index (χ0n) is 9.17. The lowest BCUT2D eigenvalue weighted by atomic mass is 10.1. The van der Waals surface area contributed by atoms with Gasteiger partial charge in [0, 0.05) is 0 Å². The minimum Gasteiger partial charge on any atom is -0.319 e. The topological polar surface area (TPSA) is 56.7 Å². The van der Waals surface area contributed by atoms with Gasteiger partial charge in [0.05, 0.1) is 17.9 Å². The second kappa shape index (κ2) is 4.28. The molecule has 4 nitrogen and oxygen atoms in total. The highest BCUT2D eigenvalue weighted by Crippen LogP contribution is 2.14. The largest absolute Gasteiger partial charge is 0.319 e. The predicted octanol–water partition coefficient (Wildman–Crippen LogP) is 1.84. The van der Waals surface area contributed by atoms with Crippen LogP contribution in [-0.2, 0) is 0 Å². The molecular weight excluding hydrogens is 200 g/mol. The van der Waals surface area contributed by atoms with E-state index in [1.54, 1.807) is 11.0 Å². The Balaban J connectivity index is 2.30. The lowest BCUT2D eigenvalue weighted by Crippen LogP contribution is -2.12. The number of benzene rings is 1. The summed E-state index contributed by atoms with van der Waals surface area (Å²) in [6.45, 7) is 5.69. The van der Waals surface area contributed by atoms with E-state index in [0.29, 0.717) is 0 Å². The first-order valence-electron chi connectivity index (χ1n) is 5.07. The van der Waals surface area contributed by atoms with E-state index in [1.165, 1.54) is 0 Å². The third-order valence-electron chi connectivity index (χ3n) is 2.35. The molecule has 2 aromatic rings. The highest BCUT2D eigenvalue weighted by atomic mass is 15.5. The molecule has 0 aliphatic rings. The lowest BCUT2D eigenvalue weighted by Gasteiger charge is -2.06. The van der Waals surface area contributed by atoms with E-state index in [0.717, 1.165) is 17.0 Å². The molecule has 4 heteroatoms. The van der Waals surface area contributed by atoms with Crippen LogP contribution in [0.3, 0.4) is 0 Å². The Hall–Kier alpha value is -1.94. The van der Waals surface area contributed by atoms with E-state index in [9.17, 15) is 0 Å². The van der Waals surface area contributed by atoms with Crippen LogP contribution in [0.2, 0.25) is 0 Å². The smallest absolute Gasteiger partial charge is 0.104 e. The molecular formula is C12H14N4. The fraction of sp³-hybridized carbons (Fsp3) is 0.167. The molecule has 1 aromatic heterocycles. The number of rotatable bonds is 3. The standard InChI is InChI=1S/C12H14N4/c1-9(2)12(13)11-8-14-16(15-11)10-6-4-3-5-7-10/h3-8,12H,1,13H2,2H3. The molecule has 1 aromatic carbocycles. The van der Waals surface area contributed by atoms with E-state index in [1.807, 2.05) is 37.3 Å². The van der Waals surface area contributed by atoms with Crippen LogP contribution in [0.4, 0.5) is 0 Å². The molecule has 1 unspecified atom stereocenters. The Morgan fingerprint density at radius 1 is 1.38 bits per heavy atom. The summed E-state index contributed by atoms with van der Waals surface area (Å²) in [7, 11) is 0. The van der Waals surface area contributed by atoms with Crippen LogP contribution in [0.5, 0.6) is 0 Å². The molecule has 82 valence electrons. The SMILES string of the molecule is C=C(C)C(N)c1cnn(-c2ccccc2)n1. The zero-order chi connectivity index (χ0) is 11.5. The second-order valence-electron chi connectivity index (χ2n) is 3.72. The maximum absolute atomic E-state index is 5.91. The molecule has 0 radical (unpaired) electrons. The second-order valence-corrected chi connectivity index (χ2v) is 3.72. The fourth-order valence-corrected chi connectivity index (χ4v) is 1.36. The summed E-state index contributed by atoms with van der Waals surface area (Å²) in [4.78, 5) is 1.57. The molecule has 0 fully saturated rings. The number of nitrogens with two attached hydrogens (primary N) is 1. The number of hydrogen-bond acceptors (Lipinski definition) is 3. The molecule has 0 bridgehead atoms. The molecule has 1 heterocycles. The summed E-state index contributed by atoms with van der Waals surface area (Å²) in [6, 6.07) is 9.46. The van der Waals surface area contributed by atoms with Crippen LogP contribution in [0.25, 0.3) is 5.69 Å². The molecule has 1 atom stereocenters. The van der Waals surface area contributed by atoms with Crippen molar-refractivity contribution in [3.05, 3.63) is 54.4 Å². The van der Waals surface area contributed by atoms with Gasteiger partial charge in [-0.2, -0.15) is 15.0 Å². The van der Waals surface area contributed by atoms with Crippen LogP contribution in [0.15, 0.2) is 48.7 Å². The van der Waals surface area contributed by atoms with Crippen LogP contribution in [0, 0.1) is 0 Å². The number of aromatic nitrogens is 3. The highest BCUT2D eigenvalue weighted by molar-refractivity contribution is 5.29. The first kappa shape index (κ1) is 10.6. The summed E-state index contributed by atoms with van der Waals surface area (Å²) in [5.74, 6) is 0. The molecule has 0 amide bonds. The van der Waals surface area contributed by atoms with Crippen molar-refractivity contribution in [2.75, 3.05) is 0 Å². The van der Waals surface area contributed by atoms with E-state index in [2.05, 4.69) is 16.8 Å². The van der Waals surface area contributed by atoms with Crippen molar-refractivity contribution in [1.82, 2.24) is 15.0 Å². The molecule has 0 saturated carbocycles. The summed E-state index contributed by atoms with van der Waals surface area (Å²) in [5, 5.41) is 8.50. The van der Waals surface area contributed by atoms with Gasteiger partial charge in [0.1, 0.15) is 5.69 Å². The van der Waals surface area contributed by atoms with E-state index < -0.39 is 0 Å². The number of nitrogens with zero attached hydrogens (tertiary/aromatic N) is 3. The molecule has 0 aliphatic heterocycles. The minimum atomic E-state index is -0.252. The normalized spacial score (nSPS) is 12.4. The first-order chi connectivity index (χ1) is 7.68. The van der Waals surface area contributed by atoms with Crippen molar-refractivity contribution in [2.45, 2.75) is 13.0 Å². The Bertz CT molecular complexity index is 487. The molecule has 16 heavy (non-hydrogen) atoms. The molecule has 0 spiro atoms. The maximum atomic E-state index is 5.91. The Labute approximate surface area is 94.4 Å². The molecule has 2 rings (SSSR count). The summed E-state index contributed by atoms with van der Waals surface area (Å²) in [6.07, 6.45) is 1.67. The summed E-state index contributed by atoms with van der Waals surface area (Å²) >= 11 is 0. The third kappa shape index (κ3) is 2.01. The van der Waals surface area contributed by atoms with Crippen molar-refractivity contribution >= 4 is 0 Å².